The molecule has 3 aromatic carbocycles. The van der Waals surface area contributed by atoms with Crippen molar-refractivity contribution in [1.82, 2.24) is 4.90 Å². The van der Waals surface area contributed by atoms with Crippen LogP contribution in [0.4, 0.5) is 0 Å². The lowest BCUT2D eigenvalue weighted by atomic mass is 9.79. The van der Waals surface area contributed by atoms with Gasteiger partial charge in [0.15, 0.2) is 0 Å². The van der Waals surface area contributed by atoms with Gasteiger partial charge in [0.05, 0.1) is 5.60 Å². The molecule has 3 nitrogen and oxygen atoms in total. The quantitative estimate of drug-likeness (QED) is 0.452. The van der Waals surface area contributed by atoms with Crippen LogP contribution in [-0.4, -0.2) is 42.9 Å². The van der Waals surface area contributed by atoms with Gasteiger partial charge in [0, 0.05) is 6.54 Å². The summed E-state index contributed by atoms with van der Waals surface area (Å²) in [5, 5.41) is 11.5. The van der Waals surface area contributed by atoms with E-state index in [1.807, 2.05) is 76.5 Å². The van der Waals surface area contributed by atoms with Crippen molar-refractivity contribution in [3.63, 3.8) is 0 Å². The van der Waals surface area contributed by atoms with Crippen LogP contribution in [0, 0.1) is 0 Å². The summed E-state index contributed by atoms with van der Waals surface area (Å²) in [6, 6.07) is 28.7. The van der Waals surface area contributed by atoms with E-state index in [2.05, 4.69) is 41.3 Å². The van der Waals surface area contributed by atoms with Crippen molar-refractivity contribution in [1.29, 1.82) is 0 Å². The van der Waals surface area contributed by atoms with Gasteiger partial charge in [-0.25, -0.2) is 0 Å². The third kappa shape index (κ3) is 5.84. The average Bonchev–Trinajstić information content (AvgIpc) is 2.79. The third-order valence-corrected chi connectivity index (χ3v) is 5.55. The fourth-order valence-electron chi connectivity index (χ4n) is 3.63. The zero-order chi connectivity index (χ0) is 22.3. The highest BCUT2D eigenvalue weighted by Crippen LogP contribution is 2.40. The second-order valence-corrected chi connectivity index (χ2v) is 8.29. The summed E-state index contributed by atoms with van der Waals surface area (Å²) < 4.78 is 5.88. The minimum atomic E-state index is -0.979. The average molecular weight is 416 g/mol. The van der Waals surface area contributed by atoms with Gasteiger partial charge in [-0.1, -0.05) is 79.7 Å². The van der Waals surface area contributed by atoms with Gasteiger partial charge in [-0.2, -0.15) is 0 Å². The van der Waals surface area contributed by atoms with E-state index in [4.69, 9.17) is 4.74 Å². The first-order valence-electron chi connectivity index (χ1n) is 10.9. The van der Waals surface area contributed by atoms with Gasteiger partial charge in [0.1, 0.15) is 12.4 Å². The highest BCUT2D eigenvalue weighted by atomic mass is 16.5. The van der Waals surface area contributed by atoms with Crippen molar-refractivity contribution in [3.05, 3.63) is 102 Å². The molecular formula is C28H33NO2. The van der Waals surface area contributed by atoms with Crippen molar-refractivity contribution >= 4 is 11.1 Å². The van der Waals surface area contributed by atoms with Crippen LogP contribution in [-0.2, 0) is 0 Å². The SMILES string of the molecule is CCC(C)(O)/C(=C(/c1ccccc1)c1ccc(OCCN(C)C)cc1)c1ccccc1. The van der Waals surface area contributed by atoms with E-state index < -0.39 is 5.60 Å². The monoisotopic (exact) mass is 415 g/mol. The zero-order valence-electron chi connectivity index (χ0n) is 19.0. The van der Waals surface area contributed by atoms with E-state index in [9.17, 15) is 5.11 Å². The van der Waals surface area contributed by atoms with Gasteiger partial charge in [-0.05, 0) is 67.4 Å². The molecule has 0 bridgehead atoms. The summed E-state index contributed by atoms with van der Waals surface area (Å²) >= 11 is 0. The van der Waals surface area contributed by atoms with E-state index >= 15 is 0 Å². The summed E-state index contributed by atoms with van der Waals surface area (Å²) in [6.45, 7) is 5.44. The van der Waals surface area contributed by atoms with Crippen LogP contribution in [0.2, 0.25) is 0 Å². The first-order valence-corrected chi connectivity index (χ1v) is 10.9. The molecular weight excluding hydrogens is 382 g/mol. The Bertz CT molecular complexity index is 975. The van der Waals surface area contributed by atoms with Crippen molar-refractivity contribution in [2.75, 3.05) is 27.2 Å². The summed E-state index contributed by atoms with van der Waals surface area (Å²) in [6.07, 6.45) is 0.610. The summed E-state index contributed by atoms with van der Waals surface area (Å²) in [7, 11) is 4.07. The Hall–Kier alpha value is -2.88. The highest BCUT2D eigenvalue weighted by molar-refractivity contribution is 6.01. The topological polar surface area (TPSA) is 32.7 Å². The van der Waals surface area contributed by atoms with Crippen LogP contribution in [0.15, 0.2) is 84.9 Å². The fraction of sp³-hybridized carbons (Fsp3) is 0.286. The molecule has 3 heteroatoms. The predicted molar refractivity (Wildman–Crippen MR) is 130 cm³/mol. The Labute approximate surface area is 186 Å². The molecule has 0 aliphatic carbocycles. The van der Waals surface area contributed by atoms with Crippen molar-refractivity contribution in [3.8, 4) is 5.75 Å². The lowest BCUT2D eigenvalue weighted by Gasteiger charge is -2.29. The minimum Gasteiger partial charge on any atom is -0.492 e. The lowest BCUT2D eigenvalue weighted by Crippen LogP contribution is -2.26. The molecule has 3 rings (SSSR count). The highest BCUT2D eigenvalue weighted by Gasteiger charge is 2.29. The lowest BCUT2D eigenvalue weighted by molar-refractivity contribution is 0.119. The molecule has 0 aliphatic rings. The summed E-state index contributed by atoms with van der Waals surface area (Å²) in [5.41, 5.74) is 4.16. The molecule has 1 unspecified atom stereocenters. The van der Waals surface area contributed by atoms with E-state index in [0.29, 0.717) is 13.0 Å². The van der Waals surface area contributed by atoms with Crippen molar-refractivity contribution in [2.45, 2.75) is 25.9 Å². The first kappa shape index (κ1) is 22.8. The molecule has 0 saturated carbocycles. The van der Waals surface area contributed by atoms with Crippen molar-refractivity contribution < 1.29 is 9.84 Å². The Morgan fingerprint density at radius 3 is 1.84 bits per heavy atom. The number of benzene rings is 3. The molecule has 0 aromatic heterocycles. The number of likely N-dealkylation sites (N-methyl/N-ethyl adjacent to an activating group) is 1. The van der Waals surface area contributed by atoms with Gasteiger partial charge in [0.2, 0.25) is 0 Å². The molecule has 0 spiro atoms. The van der Waals surface area contributed by atoms with E-state index in [1.54, 1.807) is 0 Å². The molecule has 1 N–H and O–H groups in total. The third-order valence-electron chi connectivity index (χ3n) is 5.55. The number of nitrogens with zero attached hydrogens (tertiary/aromatic N) is 1. The normalized spacial score (nSPS) is 14.1. The second-order valence-electron chi connectivity index (χ2n) is 8.29. The van der Waals surface area contributed by atoms with Gasteiger partial charge >= 0.3 is 0 Å². The smallest absolute Gasteiger partial charge is 0.119 e. The van der Waals surface area contributed by atoms with Crippen LogP contribution in [0.3, 0.4) is 0 Å². The predicted octanol–water partition coefficient (Wildman–Crippen LogP) is 5.75. The molecule has 3 aromatic rings. The van der Waals surface area contributed by atoms with Crippen LogP contribution in [0.1, 0.15) is 37.0 Å². The van der Waals surface area contributed by atoms with Crippen LogP contribution in [0.5, 0.6) is 5.75 Å². The summed E-state index contributed by atoms with van der Waals surface area (Å²) in [5.74, 6) is 0.849. The molecule has 0 amide bonds. The molecule has 0 radical (unpaired) electrons. The van der Waals surface area contributed by atoms with Crippen LogP contribution in [0.25, 0.3) is 11.1 Å². The Morgan fingerprint density at radius 1 is 0.806 bits per heavy atom. The maximum atomic E-state index is 11.5. The van der Waals surface area contributed by atoms with Gasteiger partial charge in [0.25, 0.3) is 0 Å². The van der Waals surface area contributed by atoms with Crippen LogP contribution >= 0.6 is 0 Å². The maximum absolute atomic E-state index is 11.5. The van der Waals surface area contributed by atoms with E-state index in [-0.39, 0.29) is 0 Å². The molecule has 162 valence electrons. The maximum Gasteiger partial charge on any atom is 0.119 e. The number of hydrogen-bond donors (Lipinski definition) is 1. The van der Waals surface area contributed by atoms with Gasteiger partial charge in [-0.15, -0.1) is 0 Å². The first-order chi connectivity index (χ1) is 14.9. The van der Waals surface area contributed by atoms with Crippen molar-refractivity contribution in [2.24, 2.45) is 0 Å². The van der Waals surface area contributed by atoms with Gasteiger partial charge < -0.3 is 14.7 Å². The Kier molecular flexibility index (Phi) is 7.67. The summed E-state index contributed by atoms with van der Waals surface area (Å²) in [4.78, 5) is 2.10. The second kappa shape index (κ2) is 10.4. The molecule has 31 heavy (non-hydrogen) atoms. The molecule has 1 atom stereocenters. The molecule has 0 heterocycles. The molecule has 0 fully saturated rings. The minimum absolute atomic E-state index is 0.610. The van der Waals surface area contributed by atoms with E-state index in [1.165, 1.54) is 0 Å². The fourth-order valence-corrected chi connectivity index (χ4v) is 3.63. The number of hydrogen-bond acceptors (Lipinski definition) is 3. The Morgan fingerprint density at radius 2 is 1.32 bits per heavy atom. The zero-order valence-corrected chi connectivity index (χ0v) is 19.0. The largest absolute Gasteiger partial charge is 0.492 e. The number of ether oxygens (including phenoxy) is 1. The standard InChI is InChI=1S/C28H33NO2/c1-5-28(2,30)27(24-14-10-7-11-15-24)26(22-12-8-6-9-13-22)23-16-18-25(19-17-23)31-21-20-29(3)4/h6-19,30H,5,20-21H2,1-4H3/b27-26-. The van der Waals surface area contributed by atoms with Gasteiger partial charge in [-0.3, -0.25) is 0 Å². The van der Waals surface area contributed by atoms with Crippen LogP contribution < -0.4 is 4.74 Å². The Balaban J connectivity index is 2.14. The van der Waals surface area contributed by atoms with E-state index in [0.717, 1.165) is 40.1 Å². The molecule has 0 saturated heterocycles. The molecule has 0 aliphatic heterocycles. The number of aliphatic hydroxyl groups is 1. The number of rotatable bonds is 9.